The number of benzene rings is 2. The molecule has 2 saturated carbocycles. The van der Waals surface area contributed by atoms with Crippen LogP contribution < -0.4 is 0 Å². The highest BCUT2D eigenvalue weighted by molar-refractivity contribution is 5.65. The van der Waals surface area contributed by atoms with Gasteiger partial charge in [0.05, 0.1) is 6.08 Å². The second-order valence-electron chi connectivity index (χ2n) is 10.1. The van der Waals surface area contributed by atoms with E-state index in [9.17, 15) is 26.3 Å². The summed E-state index contributed by atoms with van der Waals surface area (Å²) < 4.78 is 81.0. The SMILES string of the molecule is CC1CCC(c2ccc(-c3ccc(C4CCC(/C(F)=C/C(F)(F)F)CC4)c(F)c3)c(F)c2)CC1. The van der Waals surface area contributed by atoms with Crippen LogP contribution in [0.1, 0.15) is 81.3 Å². The van der Waals surface area contributed by atoms with Gasteiger partial charge in [0.25, 0.3) is 0 Å². The summed E-state index contributed by atoms with van der Waals surface area (Å²) in [6.45, 7) is 2.24. The van der Waals surface area contributed by atoms with Crippen molar-refractivity contribution in [3.05, 3.63) is 71.1 Å². The van der Waals surface area contributed by atoms with Crippen LogP contribution in [0.4, 0.5) is 26.3 Å². The molecule has 0 aliphatic heterocycles. The zero-order chi connectivity index (χ0) is 24.5. The molecule has 0 unspecified atom stereocenters. The molecule has 4 rings (SSSR count). The first-order valence-corrected chi connectivity index (χ1v) is 12.1. The Morgan fingerprint density at radius 3 is 2.03 bits per heavy atom. The Labute approximate surface area is 197 Å². The van der Waals surface area contributed by atoms with E-state index in [2.05, 4.69) is 6.92 Å². The summed E-state index contributed by atoms with van der Waals surface area (Å²) in [5.41, 5.74) is 2.25. The molecular weight excluding hydrogens is 450 g/mol. The highest BCUT2D eigenvalue weighted by atomic mass is 19.4. The molecule has 2 aromatic carbocycles. The molecule has 0 saturated heterocycles. The summed E-state index contributed by atoms with van der Waals surface area (Å²) in [5.74, 6) is -1.86. The maximum Gasteiger partial charge on any atom is 0.412 e. The lowest BCUT2D eigenvalue weighted by Crippen LogP contribution is -2.16. The second-order valence-corrected chi connectivity index (χ2v) is 10.1. The first kappa shape index (κ1) is 24.9. The Morgan fingerprint density at radius 1 is 0.794 bits per heavy atom. The molecule has 34 heavy (non-hydrogen) atoms. The van der Waals surface area contributed by atoms with Crippen molar-refractivity contribution in [3.63, 3.8) is 0 Å². The van der Waals surface area contributed by atoms with Gasteiger partial charge in [-0.3, -0.25) is 0 Å². The van der Waals surface area contributed by atoms with Crippen LogP contribution in [0, 0.1) is 23.5 Å². The normalized spacial score (nSPS) is 26.5. The van der Waals surface area contributed by atoms with Crippen molar-refractivity contribution in [2.24, 2.45) is 11.8 Å². The van der Waals surface area contributed by atoms with E-state index < -0.39 is 23.7 Å². The predicted octanol–water partition coefficient (Wildman–Crippen LogP) is 9.61. The van der Waals surface area contributed by atoms with Crippen LogP contribution in [0.3, 0.4) is 0 Å². The van der Waals surface area contributed by atoms with Gasteiger partial charge < -0.3 is 0 Å². The minimum atomic E-state index is -4.68. The van der Waals surface area contributed by atoms with Crippen molar-refractivity contribution >= 4 is 0 Å². The van der Waals surface area contributed by atoms with Gasteiger partial charge in [0, 0.05) is 11.5 Å². The summed E-state index contributed by atoms with van der Waals surface area (Å²) >= 11 is 0. The maximum atomic E-state index is 15.0. The number of rotatable bonds is 4. The van der Waals surface area contributed by atoms with E-state index in [1.807, 2.05) is 6.07 Å². The molecule has 0 heterocycles. The van der Waals surface area contributed by atoms with Gasteiger partial charge in [0.1, 0.15) is 17.5 Å². The van der Waals surface area contributed by atoms with E-state index in [0.29, 0.717) is 41.4 Å². The number of alkyl halides is 3. The van der Waals surface area contributed by atoms with Crippen LogP contribution in [0.5, 0.6) is 0 Å². The fourth-order valence-electron chi connectivity index (χ4n) is 5.59. The van der Waals surface area contributed by atoms with Crippen molar-refractivity contribution in [2.45, 2.75) is 76.3 Å². The molecule has 0 atom stereocenters. The maximum absolute atomic E-state index is 15.0. The van der Waals surface area contributed by atoms with E-state index >= 15 is 0 Å². The lowest BCUT2D eigenvalue weighted by atomic mass is 9.77. The third-order valence-corrected chi connectivity index (χ3v) is 7.65. The van der Waals surface area contributed by atoms with Gasteiger partial charge in [-0.15, -0.1) is 0 Å². The molecule has 2 fully saturated rings. The first-order chi connectivity index (χ1) is 16.1. The molecule has 2 aromatic rings. The summed E-state index contributed by atoms with van der Waals surface area (Å²) in [6, 6.07) is 9.88. The minimum absolute atomic E-state index is 0.190. The Morgan fingerprint density at radius 2 is 1.44 bits per heavy atom. The third kappa shape index (κ3) is 5.87. The molecule has 2 aliphatic carbocycles. The summed E-state index contributed by atoms with van der Waals surface area (Å²) in [7, 11) is 0. The quantitative estimate of drug-likeness (QED) is 0.382. The van der Waals surface area contributed by atoms with E-state index in [4.69, 9.17) is 0 Å². The second kappa shape index (κ2) is 10.2. The van der Waals surface area contributed by atoms with Gasteiger partial charge in [-0.1, -0.05) is 44.0 Å². The standard InChI is InChI=1S/C28H30F6/c1-17-2-4-18(5-3-17)21-10-12-24(25(29)14-21)22-11-13-23(26(30)15-22)19-6-8-20(9-7-19)27(31)16-28(32,33)34/h10-20H,2-9H2,1H3/b27-16-. The van der Waals surface area contributed by atoms with Crippen LogP contribution in [0.25, 0.3) is 11.1 Å². The molecular formula is C28H30F6. The number of allylic oxidation sites excluding steroid dienone is 2. The van der Waals surface area contributed by atoms with Gasteiger partial charge in [0.2, 0.25) is 0 Å². The molecule has 6 heteroatoms. The fourth-order valence-corrected chi connectivity index (χ4v) is 5.59. The number of hydrogen-bond donors (Lipinski definition) is 0. The average Bonchev–Trinajstić information content (AvgIpc) is 2.78. The van der Waals surface area contributed by atoms with Crippen molar-refractivity contribution < 1.29 is 26.3 Å². The molecule has 0 bridgehead atoms. The largest absolute Gasteiger partial charge is 0.412 e. The molecule has 2 aliphatic rings. The van der Waals surface area contributed by atoms with E-state index in [1.165, 1.54) is 6.07 Å². The fraction of sp³-hybridized carbons (Fsp3) is 0.500. The van der Waals surface area contributed by atoms with Gasteiger partial charge >= 0.3 is 6.18 Å². The molecule has 0 spiro atoms. The van der Waals surface area contributed by atoms with Gasteiger partial charge in [0.15, 0.2) is 0 Å². The van der Waals surface area contributed by atoms with Gasteiger partial charge in [-0.05, 0) is 85.1 Å². The number of halogens is 6. The minimum Gasteiger partial charge on any atom is -0.212 e. The topological polar surface area (TPSA) is 0 Å². The zero-order valence-electron chi connectivity index (χ0n) is 19.3. The highest BCUT2D eigenvalue weighted by Crippen LogP contribution is 2.42. The van der Waals surface area contributed by atoms with Crippen LogP contribution in [-0.2, 0) is 0 Å². The summed E-state index contributed by atoms with van der Waals surface area (Å²) in [6.07, 6.45) is 0.741. The van der Waals surface area contributed by atoms with Crippen molar-refractivity contribution in [2.75, 3.05) is 0 Å². The summed E-state index contributed by atoms with van der Waals surface area (Å²) in [4.78, 5) is 0. The Balaban J connectivity index is 1.44. The van der Waals surface area contributed by atoms with Gasteiger partial charge in [-0.2, -0.15) is 13.2 Å². The van der Waals surface area contributed by atoms with Crippen LogP contribution in [-0.4, -0.2) is 6.18 Å². The summed E-state index contributed by atoms with van der Waals surface area (Å²) in [5, 5.41) is 0. The van der Waals surface area contributed by atoms with Crippen molar-refractivity contribution in [1.29, 1.82) is 0 Å². The molecule has 0 aromatic heterocycles. The molecule has 184 valence electrons. The highest BCUT2D eigenvalue weighted by Gasteiger charge is 2.31. The van der Waals surface area contributed by atoms with Crippen molar-refractivity contribution in [1.82, 2.24) is 0 Å². The molecule has 0 radical (unpaired) electrons. The van der Waals surface area contributed by atoms with E-state index in [-0.39, 0.29) is 30.7 Å². The average molecular weight is 481 g/mol. The van der Waals surface area contributed by atoms with Gasteiger partial charge in [-0.25, -0.2) is 13.2 Å². The lowest BCUT2D eigenvalue weighted by Gasteiger charge is -2.28. The smallest absolute Gasteiger partial charge is 0.212 e. The predicted molar refractivity (Wildman–Crippen MR) is 122 cm³/mol. The van der Waals surface area contributed by atoms with Crippen LogP contribution in [0.2, 0.25) is 0 Å². The third-order valence-electron chi connectivity index (χ3n) is 7.65. The van der Waals surface area contributed by atoms with Crippen molar-refractivity contribution in [3.8, 4) is 11.1 Å². The monoisotopic (exact) mass is 480 g/mol. The molecule has 0 N–H and O–H groups in total. The first-order valence-electron chi connectivity index (χ1n) is 12.1. The van der Waals surface area contributed by atoms with E-state index in [1.54, 1.807) is 24.3 Å². The Hall–Kier alpha value is -2.24. The lowest BCUT2D eigenvalue weighted by molar-refractivity contribution is -0.0820. The molecule has 0 nitrogen and oxygen atoms in total. The van der Waals surface area contributed by atoms with E-state index in [0.717, 1.165) is 31.2 Å². The Kier molecular flexibility index (Phi) is 7.44. The zero-order valence-corrected chi connectivity index (χ0v) is 19.3. The van der Waals surface area contributed by atoms with Crippen LogP contribution in [0.15, 0.2) is 48.3 Å². The molecule has 0 amide bonds. The number of hydrogen-bond acceptors (Lipinski definition) is 0. The Bertz CT molecular complexity index is 1020. The van der Waals surface area contributed by atoms with Crippen LogP contribution >= 0.6 is 0 Å².